The number of hydrogen-bond donors (Lipinski definition) is 0. The molecule has 0 aliphatic carbocycles. The molecule has 1 N–H and O–H groups in total. The molecule has 4 rings (SSSR count). The van der Waals surface area contributed by atoms with Gasteiger partial charge in [0.2, 0.25) is 15.5 Å². The lowest BCUT2D eigenvalue weighted by atomic mass is 10.1. The van der Waals surface area contributed by atoms with E-state index in [2.05, 4.69) is 28.1 Å². The summed E-state index contributed by atoms with van der Waals surface area (Å²) >= 11 is 5.88. The Morgan fingerprint density at radius 1 is 0.963 bits per heavy atom. The Morgan fingerprint density at radius 2 is 1.63 bits per heavy atom. The molecule has 1 aliphatic rings. The van der Waals surface area contributed by atoms with Crippen LogP contribution in [-0.4, -0.2) is 38.9 Å². The monoisotopic (exact) mass is 402 g/mol. The van der Waals surface area contributed by atoms with Crippen LogP contribution < -0.4 is 9.88 Å². The van der Waals surface area contributed by atoms with Crippen molar-refractivity contribution in [2.45, 2.75) is 11.8 Å². The first-order valence-electron chi connectivity index (χ1n) is 8.87. The van der Waals surface area contributed by atoms with Crippen LogP contribution in [0.25, 0.3) is 10.9 Å². The fraction of sp³-hybridized carbons (Fsp3) is 0.250. The summed E-state index contributed by atoms with van der Waals surface area (Å²) in [4.78, 5) is 5.93. The molecule has 5 nitrogen and oxygen atoms in total. The maximum absolute atomic E-state index is 12.9. The topological polar surface area (TPSA) is 54.8 Å². The lowest BCUT2D eigenvalue weighted by molar-refractivity contribution is -0.354. The molecule has 27 heavy (non-hydrogen) atoms. The average Bonchev–Trinajstić information content (AvgIpc) is 2.68. The molecule has 1 aliphatic heterocycles. The van der Waals surface area contributed by atoms with E-state index in [1.807, 2.05) is 19.1 Å². The number of anilines is 1. The molecule has 0 amide bonds. The number of sulfonamides is 1. The highest BCUT2D eigenvalue weighted by Crippen LogP contribution is 2.27. The van der Waals surface area contributed by atoms with Crippen LogP contribution in [0.5, 0.6) is 0 Å². The van der Waals surface area contributed by atoms with Crippen molar-refractivity contribution in [3.63, 3.8) is 0 Å². The predicted octanol–water partition coefficient (Wildman–Crippen LogP) is 3.13. The minimum Gasteiger partial charge on any atom is -0.368 e. The Hall–Kier alpha value is -2.15. The largest absolute Gasteiger partial charge is 0.368 e. The van der Waals surface area contributed by atoms with Gasteiger partial charge in [0, 0.05) is 50.3 Å². The summed E-state index contributed by atoms with van der Waals surface area (Å²) in [5.74, 6) is 0. The van der Waals surface area contributed by atoms with E-state index in [-0.39, 0.29) is 4.90 Å². The molecule has 0 radical (unpaired) electrons. The number of pyridine rings is 1. The summed E-state index contributed by atoms with van der Waals surface area (Å²) < 4.78 is 27.3. The predicted molar refractivity (Wildman–Crippen MR) is 108 cm³/mol. The molecule has 0 atom stereocenters. The second kappa shape index (κ2) is 7.11. The van der Waals surface area contributed by atoms with Crippen LogP contribution >= 0.6 is 11.6 Å². The van der Waals surface area contributed by atoms with Gasteiger partial charge in [-0.05, 0) is 30.3 Å². The van der Waals surface area contributed by atoms with Crippen molar-refractivity contribution in [3.05, 3.63) is 65.3 Å². The number of nitrogens with one attached hydrogen (secondary N) is 1. The smallest absolute Gasteiger partial charge is 0.243 e. The standard InChI is InChI=1S/C20H20ClN3O2S/c1-15-14-20(18-4-2-3-5-19(18)22-15)23-10-12-24(13-11-23)27(25,26)17-8-6-16(21)7-9-17/h2-9,14H,10-13H2,1H3/p+1. The van der Waals surface area contributed by atoms with Crippen molar-refractivity contribution < 1.29 is 13.4 Å². The fourth-order valence-corrected chi connectivity index (χ4v) is 5.08. The molecule has 0 bridgehead atoms. The SMILES string of the molecule is Cc1cc(N2CCN(S(=O)(=O)c3ccc(Cl)cc3)CC2)c2ccccc2[nH+]1. The Morgan fingerprint density at radius 3 is 2.33 bits per heavy atom. The van der Waals surface area contributed by atoms with E-state index in [1.165, 1.54) is 0 Å². The van der Waals surface area contributed by atoms with Gasteiger partial charge in [-0.15, -0.1) is 0 Å². The molecule has 2 heterocycles. The van der Waals surface area contributed by atoms with Crippen LogP contribution in [0, 0.1) is 6.92 Å². The van der Waals surface area contributed by atoms with Gasteiger partial charge in [0.05, 0.1) is 16.0 Å². The third-order valence-electron chi connectivity index (χ3n) is 4.92. The number of benzene rings is 2. The summed E-state index contributed by atoms with van der Waals surface area (Å²) in [6, 6.07) is 16.7. The minimum absolute atomic E-state index is 0.288. The van der Waals surface area contributed by atoms with Gasteiger partial charge in [-0.3, -0.25) is 0 Å². The van der Waals surface area contributed by atoms with Gasteiger partial charge in [-0.25, -0.2) is 13.4 Å². The molecule has 0 unspecified atom stereocenters. The van der Waals surface area contributed by atoms with Gasteiger partial charge in [0.15, 0.2) is 5.69 Å². The van der Waals surface area contributed by atoms with Gasteiger partial charge in [-0.1, -0.05) is 23.7 Å². The molecule has 140 valence electrons. The number of H-pyrrole nitrogens is 1. The Kier molecular flexibility index (Phi) is 4.80. The molecule has 2 aromatic carbocycles. The average molecular weight is 403 g/mol. The number of piperazine rings is 1. The fourth-order valence-electron chi connectivity index (χ4n) is 3.53. The van der Waals surface area contributed by atoms with Crippen LogP contribution in [0.3, 0.4) is 0 Å². The highest BCUT2D eigenvalue weighted by atomic mass is 35.5. The zero-order chi connectivity index (χ0) is 19.0. The number of aromatic nitrogens is 1. The molecule has 7 heteroatoms. The normalized spacial score (nSPS) is 16.0. The van der Waals surface area contributed by atoms with E-state index in [4.69, 9.17) is 11.6 Å². The van der Waals surface area contributed by atoms with Crippen molar-refractivity contribution in [1.29, 1.82) is 0 Å². The second-order valence-corrected chi connectivity index (χ2v) is 9.10. The molecular formula is C20H21ClN3O2S+. The lowest BCUT2D eigenvalue weighted by Crippen LogP contribution is -2.48. The van der Waals surface area contributed by atoms with Crippen LogP contribution in [0.15, 0.2) is 59.5 Å². The van der Waals surface area contributed by atoms with Crippen LogP contribution in [0.4, 0.5) is 5.69 Å². The molecule has 0 saturated carbocycles. The number of rotatable bonds is 3. The first-order valence-corrected chi connectivity index (χ1v) is 10.7. The van der Waals surface area contributed by atoms with Gasteiger partial charge in [-0.2, -0.15) is 4.31 Å². The van der Waals surface area contributed by atoms with Crippen LogP contribution in [0.2, 0.25) is 5.02 Å². The highest BCUT2D eigenvalue weighted by molar-refractivity contribution is 7.89. The third-order valence-corrected chi connectivity index (χ3v) is 7.08. The Balaban J connectivity index is 1.57. The van der Waals surface area contributed by atoms with Crippen LogP contribution in [0.1, 0.15) is 5.69 Å². The highest BCUT2D eigenvalue weighted by Gasteiger charge is 2.29. The number of nitrogens with zero attached hydrogens (tertiary/aromatic N) is 2. The van der Waals surface area contributed by atoms with Gasteiger partial charge in [0.25, 0.3) is 0 Å². The Labute approximate surface area is 164 Å². The lowest BCUT2D eigenvalue weighted by Gasteiger charge is -2.35. The van der Waals surface area contributed by atoms with E-state index in [1.54, 1.807) is 28.6 Å². The number of fused-ring (bicyclic) bond motifs is 1. The summed E-state index contributed by atoms with van der Waals surface area (Å²) in [5, 5.41) is 1.68. The quantitative estimate of drug-likeness (QED) is 0.676. The molecule has 1 aromatic heterocycles. The third kappa shape index (κ3) is 3.52. The Bertz CT molecular complexity index is 1080. The van der Waals surface area contributed by atoms with Gasteiger partial charge < -0.3 is 4.90 Å². The molecule has 1 saturated heterocycles. The van der Waals surface area contributed by atoms with E-state index < -0.39 is 10.0 Å². The summed E-state index contributed by atoms with van der Waals surface area (Å²) in [6.07, 6.45) is 0. The van der Waals surface area contributed by atoms with E-state index >= 15 is 0 Å². The number of halogens is 1. The molecule has 3 aromatic rings. The minimum atomic E-state index is -3.49. The summed E-state index contributed by atoms with van der Waals surface area (Å²) in [5.41, 5.74) is 3.31. The van der Waals surface area contributed by atoms with Gasteiger partial charge >= 0.3 is 0 Å². The maximum atomic E-state index is 12.9. The summed E-state index contributed by atoms with van der Waals surface area (Å²) in [6.45, 7) is 4.26. The molecular weight excluding hydrogens is 382 g/mol. The van der Waals surface area contributed by atoms with Crippen molar-refractivity contribution in [2.75, 3.05) is 31.1 Å². The van der Waals surface area contributed by atoms with Crippen molar-refractivity contribution in [1.82, 2.24) is 4.31 Å². The van der Waals surface area contributed by atoms with E-state index in [0.29, 0.717) is 31.2 Å². The first-order chi connectivity index (χ1) is 12.9. The second-order valence-electron chi connectivity index (χ2n) is 6.73. The van der Waals surface area contributed by atoms with Crippen molar-refractivity contribution in [3.8, 4) is 0 Å². The van der Waals surface area contributed by atoms with E-state index in [9.17, 15) is 8.42 Å². The number of hydrogen-bond acceptors (Lipinski definition) is 3. The number of aryl methyl sites for hydroxylation is 1. The molecule has 0 spiro atoms. The molecule has 1 fully saturated rings. The first kappa shape index (κ1) is 18.2. The zero-order valence-corrected chi connectivity index (χ0v) is 16.6. The van der Waals surface area contributed by atoms with Crippen molar-refractivity contribution >= 4 is 38.2 Å². The maximum Gasteiger partial charge on any atom is 0.243 e. The zero-order valence-electron chi connectivity index (χ0n) is 15.0. The number of aromatic amines is 1. The van der Waals surface area contributed by atoms with Gasteiger partial charge in [0.1, 0.15) is 0 Å². The number of para-hydroxylation sites is 1. The van der Waals surface area contributed by atoms with Crippen molar-refractivity contribution in [2.24, 2.45) is 0 Å². The van der Waals surface area contributed by atoms with Crippen LogP contribution in [-0.2, 0) is 10.0 Å². The summed E-state index contributed by atoms with van der Waals surface area (Å²) in [7, 11) is -3.49. The van der Waals surface area contributed by atoms with E-state index in [0.717, 1.165) is 22.3 Å².